The molecule has 3 heterocycles. The van der Waals surface area contributed by atoms with Gasteiger partial charge in [0.05, 0.1) is 34.3 Å². The van der Waals surface area contributed by atoms with E-state index in [4.69, 9.17) is 18.6 Å². The molecule has 2 saturated heterocycles. The Bertz CT molecular complexity index is 1890. The van der Waals surface area contributed by atoms with Gasteiger partial charge < -0.3 is 28.6 Å². The molecule has 2 unspecified atom stereocenters. The molecule has 0 spiro atoms. The van der Waals surface area contributed by atoms with Gasteiger partial charge in [-0.05, 0) is 72.8 Å². The van der Waals surface area contributed by atoms with Gasteiger partial charge in [0.2, 0.25) is 5.78 Å². The van der Waals surface area contributed by atoms with Crippen molar-refractivity contribution in [2.45, 2.75) is 83.5 Å². The second kappa shape index (κ2) is 10.5. The molecule has 2 fully saturated rings. The summed E-state index contributed by atoms with van der Waals surface area (Å²) in [6, 6.07) is 6.03. The fourth-order valence-electron chi connectivity index (χ4n) is 6.95. The lowest BCUT2D eigenvalue weighted by atomic mass is 9.77. The predicted molar refractivity (Wildman–Crippen MR) is 165 cm³/mol. The Kier molecular flexibility index (Phi) is 7.19. The van der Waals surface area contributed by atoms with E-state index >= 15 is 0 Å². The molecule has 2 aliphatic heterocycles. The number of epoxide rings is 1. The Hall–Kier alpha value is -4.12. The number of nitrogens with zero attached hydrogens (tertiary/aromatic N) is 1. The normalized spacial score (nSPS) is 29.3. The van der Waals surface area contributed by atoms with Crippen LogP contribution >= 0.6 is 0 Å². The fraction of sp³-hybridized carbons (Fsp3) is 0.429. The zero-order valence-corrected chi connectivity index (χ0v) is 26.6. The summed E-state index contributed by atoms with van der Waals surface area (Å²) in [6.45, 7) is 10.4. The molecular weight excluding hydrogens is 578 g/mol. The first kappa shape index (κ1) is 30.9. The lowest BCUT2D eigenvalue weighted by Crippen LogP contribution is -2.61. The highest BCUT2D eigenvalue weighted by atomic mass is 16.6. The smallest absolute Gasteiger partial charge is 0.303 e. The van der Waals surface area contributed by atoms with Gasteiger partial charge in [0.25, 0.3) is 0 Å². The van der Waals surface area contributed by atoms with Crippen LogP contribution in [0.4, 0.5) is 0 Å². The van der Waals surface area contributed by atoms with Crippen LogP contribution in [-0.4, -0.2) is 65.5 Å². The van der Waals surface area contributed by atoms with Crippen molar-refractivity contribution in [3.05, 3.63) is 85.8 Å². The number of phenolic OH excluding ortho intramolecular Hbond substituents is 1. The predicted octanol–water partition coefficient (Wildman–Crippen LogP) is 4.87. The van der Waals surface area contributed by atoms with Crippen LogP contribution in [0.5, 0.6) is 5.75 Å². The zero-order valence-electron chi connectivity index (χ0n) is 26.6. The Labute approximate surface area is 260 Å². The number of esters is 1. The number of hydrogen-bond acceptors (Lipinski definition) is 10. The molecular formula is C35H37NO9. The van der Waals surface area contributed by atoms with Crippen LogP contribution in [0.3, 0.4) is 0 Å². The molecule has 3 aromatic rings. The Balaban J connectivity index is 1.48. The molecule has 0 bridgehead atoms. The molecule has 1 aliphatic carbocycles. The first-order valence-electron chi connectivity index (χ1n) is 15.0. The van der Waals surface area contributed by atoms with Crippen molar-refractivity contribution in [1.29, 1.82) is 0 Å². The number of carbonyl (C=O) groups excluding carboxylic acids is 3. The van der Waals surface area contributed by atoms with Crippen molar-refractivity contribution in [1.82, 2.24) is 4.90 Å². The first-order chi connectivity index (χ1) is 21.1. The second-order valence-electron chi connectivity index (χ2n) is 12.9. The van der Waals surface area contributed by atoms with Gasteiger partial charge in [0.1, 0.15) is 29.3 Å². The minimum absolute atomic E-state index is 0.01000. The Morgan fingerprint density at radius 3 is 2.44 bits per heavy atom. The zero-order chi connectivity index (χ0) is 32.7. The summed E-state index contributed by atoms with van der Waals surface area (Å²) in [4.78, 5) is 55.5. The summed E-state index contributed by atoms with van der Waals surface area (Å²) >= 11 is 0. The van der Waals surface area contributed by atoms with E-state index in [-0.39, 0.29) is 56.3 Å². The number of ether oxygens (including phenoxy) is 3. The monoisotopic (exact) mass is 615 g/mol. The van der Waals surface area contributed by atoms with Gasteiger partial charge >= 0.3 is 5.97 Å². The molecule has 2 aromatic carbocycles. The maximum Gasteiger partial charge on any atom is 0.303 e. The van der Waals surface area contributed by atoms with Crippen LogP contribution in [0.25, 0.3) is 11.0 Å². The molecule has 0 saturated carbocycles. The molecule has 236 valence electrons. The van der Waals surface area contributed by atoms with Crippen LogP contribution < -0.4 is 5.43 Å². The summed E-state index contributed by atoms with van der Waals surface area (Å²) in [5, 5.41) is 11.9. The molecule has 1 aromatic heterocycles. The van der Waals surface area contributed by atoms with Crippen molar-refractivity contribution in [3.8, 4) is 5.75 Å². The Morgan fingerprint density at radius 2 is 1.80 bits per heavy atom. The van der Waals surface area contributed by atoms with E-state index in [0.29, 0.717) is 17.5 Å². The van der Waals surface area contributed by atoms with E-state index < -0.39 is 47.0 Å². The summed E-state index contributed by atoms with van der Waals surface area (Å²) in [6.07, 6.45) is 1.88. The molecule has 0 radical (unpaired) electrons. The second-order valence-corrected chi connectivity index (χ2v) is 12.9. The average molecular weight is 616 g/mol. The number of ketones is 2. The van der Waals surface area contributed by atoms with Crippen molar-refractivity contribution in [2.24, 2.45) is 0 Å². The van der Waals surface area contributed by atoms with Gasteiger partial charge in [-0.25, -0.2) is 0 Å². The van der Waals surface area contributed by atoms with E-state index in [0.717, 1.165) is 0 Å². The van der Waals surface area contributed by atoms with Gasteiger partial charge in [-0.3, -0.25) is 19.2 Å². The summed E-state index contributed by atoms with van der Waals surface area (Å²) in [5.41, 5.74) is -1.22. The number of benzene rings is 2. The SMILES string of the molecule is C/C=C/C1OC1(C)c1cc(=O)c2c(C)cc3c(c2o1)C(=O)c1c(ccc([C@H]2C[C@](C)(N(C)C)[C@H](OC(C)=O)[C@H](C)O2)c1O)C3=O. The minimum Gasteiger partial charge on any atom is -0.507 e. The van der Waals surface area contributed by atoms with E-state index in [1.807, 2.05) is 45.0 Å². The third-order valence-electron chi connectivity index (χ3n) is 9.74. The summed E-state index contributed by atoms with van der Waals surface area (Å²) in [5.74, 6) is -1.66. The van der Waals surface area contributed by atoms with Gasteiger partial charge in [-0.15, -0.1) is 0 Å². The topological polar surface area (TPSA) is 136 Å². The summed E-state index contributed by atoms with van der Waals surface area (Å²) in [7, 11) is 3.75. The fourth-order valence-corrected chi connectivity index (χ4v) is 6.95. The third-order valence-corrected chi connectivity index (χ3v) is 9.74. The number of allylic oxidation sites excluding steroid dienone is 1. The standard InChI is InChI=1S/C35H37NO9/c1-9-10-24-35(6,45-24)25-14-22(38)26-16(2)13-21-28(32(26)44-25)31(41)27-20(29(21)39)12-11-19(30(27)40)23-15-34(5,36(7)8)33(17(3)42-23)43-18(4)37/h9-14,17,23-24,33,40H,15H2,1-8H3/b10-9+/t17-,23+,24?,33+,34-,35?/m0/s1. The number of rotatable bonds is 5. The van der Waals surface area contributed by atoms with Crippen LogP contribution in [0.15, 0.2) is 45.6 Å². The van der Waals surface area contributed by atoms with E-state index in [1.54, 1.807) is 26.8 Å². The highest BCUT2D eigenvalue weighted by Crippen LogP contribution is 2.49. The lowest BCUT2D eigenvalue weighted by molar-refractivity contribution is -0.201. The van der Waals surface area contributed by atoms with Gasteiger partial charge in [0.15, 0.2) is 16.8 Å². The van der Waals surface area contributed by atoms with Gasteiger partial charge in [-0.2, -0.15) is 0 Å². The molecule has 6 rings (SSSR count). The number of carbonyl (C=O) groups is 3. The van der Waals surface area contributed by atoms with E-state index in [1.165, 1.54) is 25.1 Å². The third kappa shape index (κ3) is 4.57. The molecule has 0 amide bonds. The number of likely N-dealkylation sites (N-methyl/N-ethyl adjacent to an activating group) is 1. The minimum atomic E-state index is -0.899. The van der Waals surface area contributed by atoms with Crippen molar-refractivity contribution in [3.63, 3.8) is 0 Å². The highest BCUT2D eigenvalue weighted by molar-refractivity contribution is 6.32. The largest absolute Gasteiger partial charge is 0.507 e. The molecule has 1 N–H and O–H groups in total. The molecule has 10 heteroatoms. The summed E-state index contributed by atoms with van der Waals surface area (Å²) < 4.78 is 24.0. The number of fused-ring (bicyclic) bond motifs is 4. The molecule has 45 heavy (non-hydrogen) atoms. The number of aryl methyl sites for hydroxylation is 1. The molecule has 6 atom stereocenters. The van der Waals surface area contributed by atoms with Crippen LogP contribution in [0, 0.1) is 6.92 Å². The quantitative estimate of drug-likeness (QED) is 0.188. The average Bonchev–Trinajstić information content (AvgIpc) is 3.63. The van der Waals surface area contributed by atoms with Crippen molar-refractivity contribution < 1.29 is 38.1 Å². The maximum atomic E-state index is 14.3. The van der Waals surface area contributed by atoms with Crippen molar-refractivity contribution >= 4 is 28.5 Å². The van der Waals surface area contributed by atoms with Crippen LogP contribution in [0.2, 0.25) is 0 Å². The number of phenols is 1. The van der Waals surface area contributed by atoms with Gasteiger partial charge in [-0.1, -0.05) is 18.2 Å². The van der Waals surface area contributed by atoms with E-state index in [9.17, 15) is 24.3 Å². The van der Waals surface area contributed by atoms with Crippen LogP contribution in [-0.2, 0) is 24.6 Å². The van der Waals surface area contributed by atoms with Gasteiger partial charge in [0, 0.05) is 29.7 Å². The van der Waals surface area contributed by atoms with Crippen molar-refractivity contribution in [2.75, 3.05) is 14.1 Å². The van der Waals surface area contributed by atoms with E-state index in [2.05, 4.69) is 0 Å². The number of hydrogen-bond donors (Lipinski definition) is 1. The Morgan fingerprint density at radius 1 is 1.09 bits per heavy atom. The molecule has 10 nitrogen and oxygen atoms in total. The number of aromatic hydroxyl groups is 1. The highest BCUT2D eigenvalue weighted by Gasteiger charge is 2.55. The van der Waals surface area contributed by atoms with Crippen LogP contribution in [0.1, 0.15) is 95.9 Å². The first-order valence-corrected chi connectivity index (χ1v) is 15.0. The molecule has 3 aliphatic rings. The lowest BCUT2D eigenvalue weighted by Gasteiger charge is -2.50. The maximum absolute atomic E-state index is 14.3.